The standard InChI is InChI=1S/C23H35N/c1-3-4-5-6-7-8-9-10-11-14-19-24-23-20(2)17-18-21-15-12-13-16-22(21)23/h12-13,15-18,24H,3-11,14,19H2,1-2H3. The van der Waals surface area contributed by atoms with Gasteiger partial charge < -0.3 is 5.32 Å². The second-order valence-electron chi connectivity index (χ2n) is 7.09. The van der Waals surface area contributed by atoms with Crippen molar-refractivity contribution in [2.75, 3.05) is 11.9 Å². The highest BCUT2D eigenvalue weighted by molar-refractivity contribution is 5.95. The lowest BCUT2D eigenvalue weighted by Crippen LogP contribution is -2.03. The number of aryl methyl sites for hydroxylation is 1. The van der Waals surface area contributed by atoms with Gasteiger partial charge in [-0.3, -0.25) is 0 Å². The fraction of sp³-hybridized carbons (Fsp3) is 0.565. The zero-order valence-corrected chi connectivity index (χ0v) is 15.7. The first-order valence-electron chi connectivity index (χ1n) is 10.0. The first-order valence-corrected chi connectivity index (χ1v) is 10.0. The second-order valence-corrected chi connectivity index (χ2v) is 7.09. The Morgan fingerprint density at radius 2 is 1.33 bits per heavy atom. The van der Waals surface area contributed by atoms with Crippen LogP contribution in [0.4, 0.5) is 5.69 Å². The molecule has 1 heteroatoms. The van der Waals surface area contributed by atoms with E-state index in [1.165, 1.54) is 86.2 Å². The predicted octanol–water partition coefficient (Wildman–Crippen LogP) is 7.48. The number of anilines is 1. The van der Waals surface area contributed by atoms with Crippen molar-refractivity contribution >= 4 is 16.5 Å². The maximum Gasteiger partial charge on any atom is 0.0449 e. The number of fused-ring (bicyclic) bond motifs is 1. The van der Waals surface area contributed by atoms with Gasteiger partial charge in [0.05, 0.1) is 0 Å². The summed E-state index contributed by atoms with van der Waals surface area (Å²) in [6.45, 7) is 5.58. The molecular weight excluding hydrogens is 290 g/mol. The van der Waals surface area contributed by atoms with Gasteiger partial charge in [-0.1, -0.05) is 101 Å². The molecule has 0 spiro atoms. The molecule has 0 bridgehead atoms. The van der Waals surface area contributed by atoms with Crippen molar-refractivity contribution in [3.63, 3.8) is 0 Å². The van der Waals surface area contributed by atoms with Crippen LogP contribution in [0, 0.1) is 6.92 Å². The Balaban J connectivity index is 1.61. The minimum Gasteiger partial charge on any atom is -0.384 e. The predicted molar refractivity (Wildman–Crippen MR) is 109 cm³/mol. The number of unbranched alkanes of at least 4 members (excludes halogenated alkanes) is 9. The molecule has 132 valence electrons. The Bertz CT molecular complexity index is 588. The normalized spacial score (nSPS) is 11.1. The van der Waals surface area contributed by atoms with Crippen LogP contribution in [0.1, 0.15) is 76.7 Å². The fourth-order valence-corrected chi connectivity index (χ4v) is 3.44. The lowest BCUT2D eigenvalue weighted by Gasteiger charge is -2.13. The molecule has 0 aliphatic heterocycles. The molecule has 0 aliphatic rings. The van der Waals surface area contributed by atoms with Crippen LogP contribution in [0.5, 0.6) is 0 Å². The summed E-state index contributed by atoms with van der Waals surface area (Å²) in [6.07, 6.45) is 13.9. The van der Waals surface area contributed by atoms with Gasteiger partial charge in [-0.05, 0) is 24.3 Å². The Hall–Kier alpha value is -1.50. The van der Waals surface area contributed by atoms with Gasteiger partial charge in [-0.25, -0.2) is 0 Å². The van der Waals surface area contributed by atoms with Gasteiger partial charge in [0.15, 0.2) is 0 Å². The number of hydrogen-bond acceptors (Lipinski definition) is 1. The van der Waals surface area contributed by atoms with Crippen molar-refractivity contribution in [2.24, 2.45) is 0 Å². The highest BCUT2D eigenvalue weighted by atomic mass is 14.9. The zero-order valence-electron chi connectivity index (χ0n) is 15.7. The van der Waals surface area contributed by atoms with Gasteiger partial charge in [0.2, 0.25) is 0 Å². The topological polar surface area (TPSA) is 12.0 Å². The third kappa shape index (κ3) is 6.19. The summed E-state index contributed by atoms with van der Waals surface area (Å²) in [5, 5.41) is 6.36. The molecule has 0 atom stereocenters. The molecule has 0 amide bonds. The molecule has 1 nitrogen and oxygen atoms in total. The minimum absolute atomic E-state index is 1.09. The van der Waals surface area contributed by atoms with Crippen LogP contribution in [0.15, 0.2) is 36.4 Å². The van der Waals surface area contributed by atoms with E-state index in [0.29, 0.717) is 0 Å². The van der Waals surface area contributed by atoms with E-state index in [4.69, 9.17) is 0 Å². The number of rotatable bonds is 12. The third-order valence-electron chi connectivity index (χ3n) is 4.97. The van der Waals surface area contributed by atoms with Crippen LogP contribution < -0.4 is 5.32 Å². The molecule has 2 rings (SSSR count). The molecule has 0 radical (unpaired) electrons. The monoisotopic (exact) mass is 325 g/mol. The van der Waals surface area contributed by atoms with Crippen molar-refractivity contribution in [1.82, 2.24) is 0 Å². The van der Waals surface area contributed by atoms with Crippen LogP contribution in [0.25, 0.3) is 10.8 Å². The van der Waals surface area contributed by atoms with E-state index >= 15 is 0 Å². The second kappa shape index (κ2) is 11.1. The first kappa shape index (κ1) is 18.8. The lowest BCUT2D eigenvalue weighted by atomic mass is 10.0. The quantitative estimate of drug-likeness (QED) is 0.399. The Labute approximate surface area is 148 Å². The highest BCUT2D eigenvalue weighted by Crippen LogP contribution is 2.27. The van der Waals surface area contributed by atoms with Crippen LogP contribution in [0.2, 0.25) is 0 Å². The smallest absolute Gasteiger partial charge is 0.0449 e. The summed E-state index contributed by atoms with van der Waals surface area (Å²) in [5.41, 5.74) is 2.67. The van der Waals surface area contributed by atoms with E-state index in [-0.39, 0.29) is 0 Å². The highest BCUT2D eigenvalue weighted by Gasteiger charge is 2.03. The third-order valence-corrected chi connectivity index (χ3v) is 4.97. The van der Waals surface area contributed by atoms with E-state index in [2.05, 4.69) is 55.6 Å². The molecule has 24 heavy (non-hydrogen) atoms. The van der Waals surface area contributed by atoms with Gasteiger partial charge in [0.1, 0.15) is 0 Å². The fourth-order valence-electron chi connectivity index (χ4n) is 3.44. The molecule has 0 saturated heterocycles. The van der Waals surface area contributed by atoms with Crippen molar-refractivity contribution < 1.29 is 0 Å². The SMILES string of the molecule is CCCCCCCCCCCCNc1c(C)ccc2ccccc12. The Kier molecular flexibility index (Phi) is 8.73. The van der Waals surface area contributed by atoms with Crippen LogP contribution in [0.3, 0.4) is 0 Å². The molecule has 0 fully saturated rings. The number of benzene rings is 2. The Morgan fingerprint density at radius 1 is 0.708 bits per heavy atom. The average molecular weight is 326 g/mol. The molecule has 1 N–H and O–H groups in total. The summed E-state index contributed by atoms with van der Waals surface area (Å²) in [6, 6.07) is 13.1. The van der Waals surface area contributed by atoms with E-state index in [1.54, 1.807) is 0 Å². The van der Waals surface area contributed by atoms with Crippen LogP contribution in [-0.4, -0.2) is 6.54 Å². The van der Waals surface area contributed by atoms with Crippen molar-refractivity contribution in [3.8, 4) is 0 Å². The maximum atomic E-state index is 3.68. The van der Waals surface area contributed by atoms with Crippen molar-refractivity contribution in [1.29, 1.82) is 0 Å². The minimum atomic E-state index is 1.09. The summed E-state index contributed by atoms with van der Waals surface area (Å²) in [7, 11) is 0. The van der Waals surface area contributed by atoms with Gasteiger partial charge in [-0.15, -0.1) is 0 Å². The zero-order chi connectivity index (χ0) is 17.0. The largest absolute Gasteiger partial charge is 0.384 e. The summed E-state index contributed by atoms with van der Waals surface area (Å²) < 4.78 is 0. The van der Waals surface area contributed by atoms with Crippen LogP contribution in [-0.2, 0) is 0 Å². The van der Waals surface area contributed by atoms with Gasteiger partial charge in [0.25, 0.3) is 0 Å². The summed E-state index contributed by atoms with van der Waals surface area (Å²) in [5.74, 6) is 0. The first-order chi connectivity index (χ1) is 11.8. The van der Waals surface area contributed by atoms with Crippen molar-refractivity contribution in [2.45, 2.75) is 78.1 Å². The molecular formula is C23H35N. The van der Waals surface area contributed by atoms with Crippen LogP contribution >= 0.6 is 0 Å². The van der Waals surface area contributed by atoms with Gasteiger partial charge in [-0.2, -0.15) is 0 Å². The average Bonchev–Trinajstić information content (AvgIpc) is 2.61. The molecule has 2 aromatic carbocycles. The molecule has 0 aromatic heterocycles. The molecule has 0 unspecified atom stereocenters. The molecule has 0 saturated carbocycles. The molecule has 0 aliphatic carbocycles. The molecule has 0 heterocycles. The van der Waals surface area contributed by atoms with E-state index in [1.807, 2.05) is 0 Å². The molecule has 2 aromatic rings. The van der Waals surface area contributed by atoms with E-state index in [9.17, 15) is 0 Å². The summed E-state index contributed by atoms with van der Waals surface area (Å²) in [4.78, 5) is 0. The maximum absolute atomic E-state index is 3.68. The number of hydrogen-bond donors (Lipinski definition) is 1. The number of nitrogens with one attached hydrogen (secondary N) is 1. The van der Waals surface area contributed by atoms with E-state index < -0.39 is 0 Å². The Morgan fingerprint density at radius 3 is 2.04 bits per heavy atom. The van der Waals surface area contributed by atoms with Gasteiger partial charge in [0, 0.05) is 17.6 Å². The van der Waals surface area contributed by atoms with E-state index in [0.717, 1.165) is 6.54 Å². The van der Waals surface area contributed by atoms with Gasteiger partial charge >= 0.3 is 0 Å². The summed E-state index contributed by atoms with van der Waals surface area (Å²) >= 11 is 0. The lowest BCUT2D eigenvalue weighted by molar-refractivity contribution is 0.560. The van der Waals surface area contributed by atoms with Crippen molar-refractivity contribution in [3.05, 3.63) is 42.0 Å².